The predicted octanol–water partition coefficient (Wildman–Crippen LogP) is 0.913. The molecule has 1 aromatic rings. The van der Waals surface area contributed by atoms with Crippen molar-refractivity contribution in [3.8, 4) is 0 Å². The Morgan fingerprint density at radius 3 is 2.75 bits per heavy atom. The summed E-state index contributed by atoms with van der Waals surface area (Å²) in [4.78, 5) is 26.6. The third kappa shape index (κ3) is 3.23. The third-order valence-corrected chi connectivity index (χ3v) is 2.98. The highest BCUT2D eigenvalue weighted by molar-refractivity contribution is 5.76. The number of aliphatic carboxylic acids is 1. The molecule has 1 amide bonds. The maximum Gasteiger partial charge on any atom is 0.328 e. The van der Waals surface area contributed by atoms with Crippen molar-refractivity contribution in [3.63, 3.8) is 0 Å². The van der Waals surface area contributed by atoms with Gasteiger partial charge in [0.25, 0.3) is 0 Å². The first-order chi connectivity index (χ1) is 9.72. The average Bonchev–Trinajstić information content (AvgIpc) is 2.49. The number of hydrogen-bond acceptors (Lipinski definition) is 4. The maximum absolute atomic E-state index is 11.5. The number of carbonyl (C=O) groups excluding carboxylic acids is 1. The van der Waals surface area contributed by atoms with Gasteiger partial charge >= 0.3 is 5.97 Å². The summed E-state index contributed by atoms with van der Waals surface area (Å²) in [6.07, 6.45) is 5.48. The number of carboxylic acids is 1. The zero-order valence-corrected chi connectivity index (χ0v) is 10.8. The molecule has 0 fully saturated rings. The van der Waals surface area contributed by atoms with Crippen LogP contribution in [-0.2, 0) is 16.0 Å². The van der Waals surface area contributed by atoms with Gasteiger partial charge in [0.05, 0.1) is 6.54 Å². The Morgan fingerprint density at radius 2 is 2.20 bits per heavy atom. The predicted molar refractivity (Wildman–Crippen MR) is 73.8 cm³/mol. The van der Waals surface area contributed by atoms with Crippen molar-refractivity contribution in [1.29, 1.82) is 0 Å². The van der Waals surface area contributed by atoms with E-state index in [-0.39, 0.29) is 6.42 Å². The fourth-order valence-corrected chi connectivity index (χ4v) is 1.98. The Kier molecular flexibility index (Phi) is 4.49. The van der Waals surface area contributed by atoms with E-state index in [0.717, 1.165) is 5.56 Å². The van der Waals surface area contributed by atoms with Crippen LogP contribution in [0.5, 0.6) is 0 Å². The van der Waals surface area contributed by atoms with Crippen LogP contribution in [0.25, 0.3) is 0 Å². The largest absolute Gasteiger partial charge is 0.480 e. The molecule has 0 saturated heterocycles. The lowest BCUT2D eigenvalue weighted by atomic mass is 10.1. The number of benzene rings is 1. The highest BCUT2D eigenvalue weighted by Gasteiger charge is 2.28. The van der Waals surface area contributed by atoms with Crippen LogP contribution in [0.2, 0.25) is 0 Å². The number of carboxylic acid groups (broad SMARTS) is 1. The van der Waals surface area contributed by atoms with E-state index in [0.29, 0.717) is 13.0 Å². The molecule has 0 aliphatic carbocycles. The van der Waals surface area contributed by atoms with Crippen LogP contribution in [0.4, 0.5) is 0 Å². The van der Waals surface area contributed by atoms with Gasteiger partial charge in [0.2, 0.25) is 6.41 Å². The second kappa shape index (κ2) is 6.51. The molecule has 0 bridgehead atoms. The van der Waals surface area contributed by atoms with Crippen LogP contribution in [-0.4, -0.2) is 46.3 Å². The van der Waals surface area contributed by atoms with Crippen molar-refractivity contribution in [1.82, 2.24) is 10.0 Å². The number of aliphatic imine (C=N–C) groups is 1. The van der Waals surface area contributed by atoms with E-state index < -0.39 is 12.0 Å². The Hall–Kier alpha value is -2.63. The Bertz CT molecular complexity index is 528. The molecule has 104 valence electrons. The molecule has 1 aliphatic rings. The molecule has 0 spiro atoms. The van der Waals surface area contributed by atoms with E-state index in [1.54, 1.807) is 12.4 Å². The van der Waals surface area contributed by atoms with Gasteiger partial charge in [0.1, 0.15) is 0 Å². The summed E-state index contributed by atoms with van der Waals surface area (Å²) in [5.74, 6) is -1.04. The van der Waals surface area contributed by atoms with E-state index in [1.807, 2.05) is 30.3 Å². The Labute approximate surface area is 116 Å². The van der Waals surface area contributed by atoms with Crippen molar-refractivity contribution in [2.45, 2.75) is 12.5 Å². The molecule has 0 unspecified atom stereocenters. The lowest BCUT2D eigenvalue weighted by Gasteiger charge is -2.34. The molecule has 20 heavy (non-hydrogen) atoms. The molecular formula is C14H15N3O3. The van der Waals surface area contributed by atoms with Gasteiger partial charge in [-0.1, -0.05) is 30.3 Å². The quantitative estimate of drug-likeness (QED) is 0.782. The number of hydrogen-bond donors (Lipinski definition) is 1. The van der Waals surface area contributed by atoms with Crippen LogP contribution in [0.1, 0.15) is 5.56 Å². The minimum atomic E-state index is -1.04. The number of nitrogens with zero attached hydrogens (tertiary/aromatic N) is 3. The van der Waals surface area contributed by atoms with Crippen LogP contribution < -0.4 is 0 Å². The number of amides is 1. The topological polar surface area (TPSA) is 73.2 Å². The number of hydrazine groups is 1. The van der Waals surface area contributed by atoms with Crippen LogP contribution in [0, 0.1) is 0 Å². The van der Waals surface area contributed by atoms with E-state index >= 15 is 0 Å². The summed E-state index contributed by atoms with van der Waals surface area (Å²) in [7, 11) is 0. The summed E-state index contributed by atoms with van der Waals surface area (Å²) in [6.45, 7) is 0.369. The fourth-order valence-electron chi connectivity index (χ4n) is 1.98. The van der Waals surface area contributed by atoms with Gasteiger partial charge in [-0.15, -0.1) is 0 Å². The van der Waals surface area contributed by atoms with Crippen molar-refractivity contribution >= 4 is 18.6 Å². The lowest BCUT2D eigenvalue weighted by Crippen LogP contribution is -2.51. The zero-order valence-electron chi connectivity index (χ0n) is 10.8. The first kappa shape index (κ1) is 13.8. The normalized spacial score (nSPS) is 14.9. The first-order valence-electron chi connectivity index (χ1n) is 6.17. The van der Waals surface area contributed by atoms with Crippen LogP contribution in [0.3, 0.4) is 0 Å². The molecule has 0 saturated carbocycles. The maximum atomic E-state index is 11.5. The molecule has 2 rings (SSSR count). The third-order valence-electron chi connectivity index (χ3n) is 2.98. The molecule has 0 radical (unpaired) electrons. The molecule has 0 aromatic heterocycles. The molecule has 1 aromatic carbocycles. The minimum absolute atomic E-state index is 0.246. The van der Waals surface area contributed by atoms with Crippen molar-refractivity contribution in [2.75, 3.05) is 6.54 Å². The van der Waals surface area contributed by atoms with E-state index in [2.05, 4.69) is 4.99 Å². The Morgan fingerprint density at radius 1 is 1.45 bits per heavy atom. The molecule has 1 aliphatic heterocycles. The number of carbonyl (C=O) groups is 2. The summed E-state index contributed by atoms with van der Waals surface area (Å²) in [6, 6.07) is 8.27. The van der Waals surface area contributed by atoms with Gasteiger partial charge in [0.15, 0.2) is 6.04 Å². The van der Waals surface area contributed by atoms with Crippen LogP contribution in [0.15, 0.2) is 47.7 Å². The minimum Gasteiger partial charge on any atom is -0.480 e. The van der Waals surface area contributed by atoms with Gasteiger partial charge in [0, 0.05) is 25.0 Å². The number of rotatable bonds is 6. The first-order valence-corrected chi connectivity index (χ1v) is 6.17. The van der Waals surface area contributed by atoms with Crippen molar-refractivity contribution in [3.05, 3.63) is 48.3 Å². The zero-order chi connectivity index (χ0) is 14.4. The van der Waals surface area contributed by atoms with E-state index in [4.69, 9.17) is 0 Å². The summed E-state index contributed by atoms with van der Waals surface area (Å²) < 4.78 is 0. The average molecular weight is 273 g/mol. The van der Waals surface area contributed by atoms with Crippen molar-refractivity contribution in [2.24, 2.45) is 4.99 Å². The second-order valence-corrected chi connectivity index (χ2v) is 4.28. The second-order valence-electron chi connectivity index (χ2n) is 4.28. The monoisotopic (exact) mass is 273 g/mol. The summed E-state index contributed by atoms with van der Waals surface area (Å²) in [5, 5.41) is 12.1. The molecule has 6 nitrogen and oxygen atoms in total. The smallest absolute Gasteiger partial charge is 0.328 e. The Balaban J connectivity index is 2.17. The molecule has 1 atom stereocenters. The fraction of sp³-hybridized carbons (Fsp3) is 0.214. The highest BCUT2D eigenvalue weighted by atomic mass is 16.4. The summed E-state index contributed by atoms with van der Waals surface area (Å²) >= 11 is 0. The molecule has 1 N–H and O–H groups in total. The van der Waals surface area contributed by atoms with Gasteiger partial charge < -0.3 is 5.11 Å². The standard InChI is InChI=1S/C14H15N3O3/c18-11-17(16-8-6-15-7-9-16)13(14(19)20)10-12-4-2-1-3-5-12/h1-8,11,13H,9-10H2,(H,19,20)/t13-/m0/s1. The van der Waals surface area contributed by atoms with Crippen LogP contribution >= 0.6 is 0 Å². The van der Waals surface area contributed by atoms with Gasteiger partial charge in [-0.05, 0) is 5.56 Å². The van der Waals surface area contributed by atoms with Gasteiger partial charge in [-0.3, -0.25) is 14.8 Å². The van der Waals surface area contributed by atoms with Gasteiger partial charge in [-0.2, -0.15) is 0 Å². The lowest BCUT2D eigenvalue weighted by molar-refractivity contribution is -0.155. The molecule has 6 heteroatoms. The van der Waals surface area contributed by atoms with Gasteiger partial charge in [-0.25, -0.2) is 9.80 Å². The molecular weight excluding hydrogens is 258 g/mol. The SMILES string of the molecule is O=CN([C@@H](Cc1ccccc1)C(=O)O)N1C=CN=CC1. The summed E-state index contributed by atoms with van der Waals surface area (Å²) in [5.41, 5.74) is 0.862. The highest BCUT2D eigenvalue weighted by Crippen LogP contribution is 2.12. The molecule has 1 heterocycles. The van der Waals surface area contributed by atoms with E-state index in [1.165, 1.54) is 16.2 Å². The van der Waals surface area contributed by atoms with E-state index in [9.17, 15) is 14.7 Å². The van der Waals surface area contributed by atoms with Crippen molar-refractivity contribution < 1.29 is 14.7 Å².